The van der Waals surface area contributed by atoms with Crippen LogP contribution in [0.2, 0.25) is 0 Å². The average Bonchev–Trinajstić information content (AvgIpc) is 3.25. The minimum absolute atomic E-state index is 0.0574. The lowest BCUT2D eigenvalue weighted by atomic mass is 9.87. The summed E-state index contributed by atoms with van der Waals surface area (Å²) >= 11 is 0. The van der Waals surface area contributed by atoms with Crippen LogP contribution in [0.4, 0.5) is 0 Å². The number of amides is 2. The predicted octanol–water partition coefficient (Wildman–Crippen LogP) is 1.65. The Morgan fingerprint density at radius 1 is 1.04 bits per heavy atom. The van der Waals surface area contributed by atoms with Crippen LogP contribution in [0.5, 0.6) is 0 Å². The van der Waals surface area contributed by atoms with Gasteiger partial charge in [-0.3, -0.25) is 9.59 Å². The van der Waals surface area contributed by atoms with Crippen LogP contribution >= 0.6 is 0 Å². The van der Waals surface area contributed by atoms with Crippen molar-refractivity contribution >= 4 is 11.8 Å². The number of rotatable bonds is 4. The van der Waals surface area contributed by atoms with E-state index in [1.807, 2.05) is 0 Å². The van der Waals surface area contributed by atoms with Crippen molar-refractivity contribution in [3.8, 4) is 0 Å². The molecule has 1 atom stereocenters. The topological polar surface area (TPSA) is 61.4 Å². The molecule has 5 heteroatoms. The molecule has 2 fully saturated rings. The molecule has 1 aromatic rings. The fraction of sp³-hybridized carbons (Fsp3) is 0.556. The highest BCUT2D eigenvalue weighted by atomic mass is 16.2. The largest absolute Gasteiger partial charge is 0.349 e. The van der Waals surface area contributed by atoms with Crippen LogP contribution in [-0.2, 0) is 0 Å². The third kappa shape index (κ3) is 3.72. The number of nitrogens with one attached hydrogen (secondary N) is 2. The van der Waals surface area contributed by atoms with Gasteiger partial charge in [0.05, 0.1) is 0 Å². The fourth-order valence-electron chi connectivity index (χ4n) is 3.18. The molecule has 1 aromatic carbocycles. The number of likely N-dealkylation sites (tertiary alicyclic amines) is 1. The van der Waals surface area contributed by atoms with Crippen LogP contribution in [0.15, 0.2) is 24.3 Å². The molecule has 1 unspecified atom stereocenters. The second-order valence-corrected chi connectivity index (χ2v) is 7.54. The molecule has 5 nitrogen and oxygen atoms in total. The highest BCUT2D eigenvalue weighted by Crippen LogP contribution is 2.28. The first kappa shape index (κ1) is 16.0. The maximum atomic E-state index is 12.4. The van der Waals surface area contributed by atoms with E-state index < -0.39 is 0 Å². The molecule has 1 heterocycles. The Kier molecular flexibility index (Phi) is 4.15. The Bertz CT molecular complexity index is 605. The smallest absolute Gasteiger partial charge is 0.251 e. The van der Waals surface area contributed by atoms with E-state index >= 15 is 0 Å². The number of nitrogens with zero attached hydrogens (tertiary/aromatic N) is 1. The molecule has 0 bridgehead atoms. The van der Waals surface area contributed by atoms with E-state index in [9.17, 15) is 9.59 Å². The van der Waals surface area contributed by atoms with Gasteiger partial charge in [0, 0.05) is 36.3 Å². The quantitative estimate of drug-likeness (QED) is 0.888. The number of carbonyl (C=O) groups is 2. The summed E-state index contributed by atoms with van der Waals surface area (Å²) in [6, 6.07) is 7.37. The van der Waals surface area contributed by atoms with Gasteiger partial charge in [-0.15, -0.1) is 0 Å². The Hall–Kier alpha value is -1.88. The van der Waals surface area contributed by atoms with Gasteiger partial charge >= 0.3 is 0 Å². The molecule has 0 aromatic heterocycles. The van der Waals surface area contributed by atoms with Crippen LogP contribution in [0.1, 0.15) is 47.4 Å². The summed E-state index contributed by atoms with van der Waals surface area (Å²) in [5.74, 6) is -0.134. The van der Waals surface area contributed by atoms with Crippen molar-refractivity contribution in [2.45, 2.75) is 38.8 Å². The summed E-state index contributed by atoms with van der Waals surface area (Å²) in [7, 11) is 2.07. The lowest BCUT2D eigenvalue weighted by Gasteiger charge is -2.26. The van der Waals surface area contributed by atoms with Gasteiger partial charge in [-0.25, -0.2) is 0 Å². The second-order valence-electron chi connectivity index (χ2n) is 7.54. The lowest BCUT2D eigenvalue weighted by molar-refractivity contribution is 0.0913. The predicted molar refractivity (Wildman–Crippen MR) is 89.5 cm³/mol. The van der Waals surface area contributed by atoms with Crippen molar-refractivity contribution in [2.75, 3.05) is 20.1 Å². The molecule has 23 heavy (non-hydrogen) atoms. The molecule has 0 spiro atoms. The molecule has 1 saturated carbocycles. The minimum Gasteiger partial charge on any atom is -0.349 e. The van der Waals surface area contributed by atoms with Crippen LogP contribution in [0.25, 0.3) is 0 Å². The molecular weight excluding hydrogens is 290 g/mol. The van der Waals surface area contributed by atoms with E-state index in [1.54, 1.807) is 24.3 Å². The highest BCUT2D eigenvalue weighted by molar-refractivity contribution is 5.98. The first-order valence-electron chi connectivity index (χ1n) is 8.25. The Morgan fingerprint density at radius 2 is 1.57 bits per heavy atom. The van der Waals surface area contributed by atoms with Crippen molar-refractivity contribution in [2.24, 2.45) is 5.41 Å². The SMILES string of the molecule is CN1CC(NC(=O)c2ccc(C(=O)NC3CC3)cc2)C(C)(C)C1. The minimum atomic E-state index is -0.0764. The van der Waals surface area contributed by atoms with Crippen molar-refractivity contribution in [1.82, 2.24) is 15.5 Å². The zero-order valence-corrected chi connectivity index (χ0v) is 14.1. The molecule has 2 amide bonds. The Morgan fingerprint density at radius 3 is 2.00 bits per heavy atom. The molecule has 2 N–H and O–H groups in total. The average molecular weight is 315 g/mol. The van der Waals surface area contributed by atoms with Gasteiger partial charge in [-0.1, -0.05) is 13.8 Å². The number of hydrogen-bond donors (Lipinski definition) is 2. The standard InChI is InChI=1S/C18H25N3O2/c1-18(2)11-21(3)10-15(18)20-17(23)13-6-4-12(5-7-13)16(22)19-14-8-9-14/h4-7,14-15H,8-11H2,1-3H3,(H,19,22)(H,20,23). The summed E-state index contributed by atoms with van der Waals surface area (Å²) < 4.78 is 0. The highest BCUT2D eigenvalue weighted by Gasteiger charge is 2.38. The van der Waals surface area contributed by atoms with E-state index in [-0.39, 0.29) is 23.3 Å². The molecule has 2 aliphatic rings. The zero-order chi connectivity index (χ0) is 16.6. The first-order chi connectivity index (χ1) is 10.8. The summed E-state index contributed by atoms with van der Waals surface area (Å²) in [5.41, 5.74) is 1.27. The number of carbonyl (C=O) groups excluding carboxylic acids is 2. The molecule has 124 valence electrons. The molecular formula is C18H25N3O2. The van der Waals surface area contributed by atoms with Crippen molar-refractivity contribution in [3.05, 3.63) is 35.4 Å². The summed E-state index contributed by atoms with van der Waals surface area (Å²) in [5, 5.41) is 6.07. The zero-order valence-electron chi connectivity index (χ0n) is 14.1. The van der Waals surface area contributed by atoms with Crippen LogP contribution in [-0.4, -0.2) is 48.9 Å². The fourth-order valence-corrected chi connectivity index (χ4v) is 3.18. The molecule has 3 rings (SSSR count). The monoisotopic (exact) mass is 315 g/mol. The lowest BCUT2D eigenvalue weighted by Crippen LogP contribution is -2.44. The van der Waals surface area contributed by atoms with E-state index in [0.717, 1.165) is 25.9 Å². The number of hydrogen-bond acceptors (Lipinski definition) is 3. The Labute approximate surface area is 137 Å². The van der Waals surface area contributed by atoms with Gasteiger partial charge in [0.15, 0.2) is 0 Å². The van der Waals surface area contributed by atoms with Gasteiger partial charge in [0.25, 0.3) is 11.8 Å². The van der Waals surface area contributed by atoms with Gasteiger partial charge in [0.2, 0.25) is 0 Å². The maximum absolute atomic E-state index is 12.4. The van der Waals surface area contributed by atoms with Crippen molar-refractivity contribution in [3.63, 3.8) is 0 Å². The molecule has 1 aliphatic carbocycles. The molecule has 1 saturated heterocycles. The third-order valence-corrected chi connectivity index (χ3v) is 4.74. The van der Waals surface area contributed by atoms with E-state index in [2.05, 4.69) is 36.4 Å². The van der Waals surface area contributed by atoms with Gasteiger partial charge in [0.1, 0.15) is 0 Å². The summed E-state index contributed by atoms with van der Waals surface area (Å²) in [6.07, 6.45) is 2.13. The summed E-state index contributed by atoms with van der Waals surface area (Å²) in [4.78, 5) is 26.6. The summed E-state index contributed by atoms with van der Waals surface area (Å²) in [6.45, 7) is 6.18. The van der Waals surface area contributed by atoms with Gasteiger partial charge < -0.3 is 15.5 Å². The van der Waals surface area contributed by atoms with Crippen molar-refractivity contribution in [1.29, 1.82) is 0 Å². The van der Waals surface area contributed by atoms with Crippen LogP contribution < -0.4 is 10.6 Å². The van der Waals surface area contributed by atoms with Crippen LogP contribution in [0, 0.1) is 5.41 Å². The number of likely N-dealkylation sites (N-methyl/N-ethyl adjacent to an activating group) is 1. The van der Waals surface area contributed by atoms with E-state index in [4.69, 9.17) is 0 Å². The molecule has 1 aliphatic heterocycles. The number of benzene rings is 1. The maximum Gasteiger partial charge on any atom is 0.251 e. The van der Waals surface area contributed by atoms with E-state index in [1.165, 1.54) is 0 Å². The Balaban J connectivity index is 1.62. The van der Waals surface area contributed by atoms with Gasteiger partial charge in [-0.2, -0.15) is 0 Å². The normalized spacial score (nSPS) is 23.5. The third-order valence-electron chi connectivity index (χ3n) is 4.74. The second kappa shape index (κ2) is 5.96. The van der Waals surface area contributed by atoms with Gasteiger partial charge in [-0.05, 0) is 49.6 Å². The first-order valence-corrected chi connectivity index (χ1v) is 8.25. The van der Waals surface area contributed by atoms with Crippen molar-refractivity contribution < 1.29 is 9.59 Å². The van der Waals surface area contributed by atoms with E-state index in [0.29, 0.717) is 17.2 Å². The van der Waals surface area contributed by atoms with Crippen LogP contribution in [0.3, 0.4) is 0 Å². The molecule has 0 radical (unpaired) electrons.